The molecule has 1 amide bonds. The second kappa shape index (κ2) is 15.5. The lowest BCUT2D eigenvalue weighted by Crippen LogP contribution is -2.50. The van der Waals surface area contributed by atoms with Crippen LogP contribution in [-0.2, 0) is 37.0 Å². The van der Waals surface area contributed by atoms with E-state index in [0.717, 1.165) is 41.2 Å². The van der Waals surface area contributed by atoms with E-state index in [1.165, 1.54) is 12.0 Å². The predicted molar refractivity (Wildman–Crippen MR) is 171 cm³/mol. The Morgan fingerprint density at radius 2 is 1.73 bits per heavy atom. The molecule has 0 radical (unpaired) electrons. The molecule has 10 heteroatoms. The number of hydrogen-bond donors (Lipinski definition) is 1. The number of ether oxygens (including phenoxy) is 4. The predicted octanol–water partition coefficient (Wildman–Crippen LogP) is 5.03. The van der Waals surface area contributed by atoms with Crippen molar-refractivity contribution in [1.29, 1.82) is 0 Å². The number of carbonyl (C=O) groups excluding carboxylic acids is 2. The van der Waals surface area contributed by atoms with E-state index in [0.29, 0.717) is 38.7 Å². The van der Waals surface area contributed by atoms with Gasteiger partial charge in [-0.25, -0.2) is 9.79 Å². The maximum absolute atomic E-state index is 13.5. The molecular weight excluding hydrogens is 572 g/mol. The smallest absolute Gasteiger partial charge is 0.330 e. The van der Waals surface area contributed by atoms with Gasteiger partial charge in [-0.15, -0.1) is 0 Å². The number of aliphatic imine (C=N–C) groups is 1. The first-order valence-electron chi connectivity index (χ1n) is 15.4. The first-order valence-corrected chi connectivity index (χ1v) is 15.4. The molecule has 2 heterocycles. The number of para-hydroxylation sites is 1. The Hall–Kier alpha value is -4.41. The summed E-state index contributed by atoms with van der Waals surface area (Å²) in [7, 11) is 2.94. The van der Waals surface area contributed by atoms with E-state index in [-0.39, 0.29) is 30.9 Å². The number of esters is 1. The Labute approximate surface area is 264 Å². The van der Waals surface area contributed by atoms with Crippen molar-refractivity contribution in [2.24, 2.45) is 16.6 Å². The van der Waals surface area contributed by atoms with Crippen LogP contribution in [0.4, 0.5) is 5.69 Å². The highest BCUT2D eigenvalue weighted by Gasteiger charge is 2.34. The molecule has 5 rings (SSSR count). The Morgan fingerprint density at radius 3 is 2.44 bits per heavy atom. The van der Waals surface area contributed by atoms with Gasteiger partial charge in [-0.05, 0) is 61.1 Å². The normalized spacial score (nSPS) is 16.2. The van der Waals surface area contributed by atoms with Crippen LogP contribution in [0.3, 0.4) is 0 Å². The van der Waals surface area contributed by atoms with Crippen LogP contribution in [0.5, 0.6) is 11.5 Å². The summed E-state index contributed by atoms with van der Waals surface area (Å²) in [4.78, 5) is 34.5. The molecule has 238 valence electrons. The van der Waals surface area contributed by atoms with Crippen molar-refractivity contribution in [3.8, 4) is 11.5 Å². The highest BCUT2D eigenvalue weighted by molar-refractivity contribution is 5.85. The summed E-state index contributed by atoms with van der Waals surface area (Å²) in [6.45, 7) is 2.22. The molecule has 10 nitrogen and oxygen atoms in total. The number of methoxy groups -OCH3 is 1. The van der Waals surface area contributed by atoms with Crippen LogP contribution in [-0.4, -0.2) is 73.7 Å². The Balaban J connectivity index is 1.27. The topological polar surface area (TPSA) is 116 Å². The maximum atomic E-state index is 13.5. The van der Waals surface area contributed by atoms with Crippen molar-refractivity contribution in [3.05, 3.63) is 90.0 Å². The number of benzene rings is 3. The monoisotopic (exact) mass is 614 g/mol. The average Bonchev–Trinajstić information content (AvgIpc) is 3.08. The number of fused-ring (bicyclic) bond motifs is 1. The molecule has 45 heavy (non-hydrogen) atoms. The van der Waals surface area contributed by atoms with E-state index in [4.69, 9.17) is 29.7 Å². The number of hydrogen-bond acceptors (Lipinski definition) is 9. The summed E-state index contributed by atoms with van der Waals surface area (Å²) in [6, 6.07) is 24.2. The van der Waals surface area contributed by atoms with E-state index in [9.17, 15) is 9.59 Å². The summed E-state index contributed by atoms with van der Waals surface area (Å²) in [5.74, 6) is 1.49. The Morgan fingerprint density at radius 1 is 1.02 bits per heavy atom. The van der Waals surface area contributed by atoms with E-state index >= 15 is 0 Å². The number of nitrogens with two attached hydrogens (primary N) is 1. The van der Waals surface area contributed by atoms with Gasteiger partial charge in [0.25, 0.3) is 0 Å². The van der Waals surface area contributed by atoms with Crippen LogP contribution < -0.4 is 10.5 Å². The first-order chi connectivity index (χ1) is 21.9. The van der Waals surface area contributed by atoms with Gasteiger partial charge < -0.3 is 34.5 Å². The van der Waals surface area contributed by atoms with Crippen LogP contribution in [0.1, 0.15) is 36.8 Å². The van der Waals surface area contributed by atoms with Gasteiger partial charge in [0.2, 0.25) is 5.91 Å². The molecule has 1 unspecified atom stereocenters. The van der Waals surface area contributed by atoms with Crippen LogP contribution >= 0.6 is 0 Å². The molecule has 0 spiro atoms. The lowest BCUT2D eigenvalue weighted by Gasteiger charge is -2.41. The average molecular weight is 615 g/mol. The van der Waals surface area contributed by atoms with Gasteiger partial charge in [0, 0.05) is 44.8 Å². The van der Waals surface area contributed by atoms with Gasteiger partial charge in [0.1, 0.15) is 11.5 Å². The molecule has 2 aliphatic rings. The lowest BCUT2D eigenvalue weighted by molar-refractivity contribution is -0.154. The van der Waals surface area contributed by atoms with E-state index < -0.39 is 12.0 Å². The maximum Gasteiger partial charge on any atom is 0.330 e. The SMILES string of the molecule is COC(=O)C(COCc1ccccc1)N(C)C(=O)CC[C@@H](C1CCOCC1)N1Cc2cc(Oc3ccccc3)ccc2N=C1N. The Bertz CT molecular complexity index is 1450. The summed E-state index contributed by atoms with van der Waals surface area (Å²) in [5.41, 5.74) is 9.37. The van der Waals surface area contributed by atoms with Gasteiger partial charge in [0.15, 0.2) is 12.0 Å². The second-order valence-corrected chi connectivity index (χ2v) is 11.4. The van der Waals surface area contributed by atoms with Crippen molar-refractivity contribution in [2.75, 3.05) is 34.0 Å². The Kier molecular flexibility index (Phi) is 11.1. The number of carbonyl (C=O) groups is 2. The van der Waals surface area contributed by atoms with Crippen molar-refractivity contribution in [2.45, 2.75) is 50.9 Å². The largest absolute Gasteiger partial charge is 0.467 e. The molecule has 2 aliphatic heterocycles. The van der Waals surface area contributed by atoms with Gasteiger partial charge in [0.05, 0.1) is 26.0 Å². The minimum absolute atomic E-state index is 0.0309. The molecule has 3 aromatic carbocycles. The number of likely N-dealkylation sites (N-methyl/N-ethyl adjacent to an activating group) is 1. The van der Waals surface area contributed by atoms with Crippen molar-refractivity contribution in [1.82, 2.24) is 9.80 Å². The molecule has 2 atom stereocenters. The molecule has 2 N–H and O–H groups in total. The van der Waals surface area contributed by atoms with Gasteiger partial charge >= 0.3 is 5.97 Å². The highest BCUT2D eigenvalue weighted by atomic mass is 16.5. The van der Waals surface area contributed by atoms with Gasteiger partial charge in [-0.1, -0.05) is 48.5 Å². The van der Waals surface area contributed by atoms with Crippen LogP contribution in [0.15, 0.2) is 83.9 Å². The van der Waals surface area contributed by atoms with Gasteiger partial charge in [-0.3, -0.25) is 4.79 Å². The third kappa shape index (κ3) is 8.40. The van der Waals surface area contributed by atoms with E-state index in [1.54, 1.807) is 7.05 Å². The molecular formula is C35H42N4O6. The fourth-order valence-corrected chi connectivity index (χ4v) is 5.93. The number of rotatable bonds is 13. The summed E-state index contributed by atoms with van der Waals surface area (Å²) < 4.78 is 22.6. The molecule has 3 aromatic rings. The second-order valence-electron chi connectivity index (χ2n) is 11.4. The lowest BCUT2D eigenvalue weighted by atomic mass is 9.87. The van der Waals surface area contributed by atoms with Crippen LogP contribution in [0.25, 0.3) is 0 Å². The molecule has 0 aromatic heterocycles. The molecule has 1 saturated heterocycles. The van der Waals surface area contributed by atoms with Crippen LogP contribution in [0, 0.1) is 5.92 Å². The fraction of sp³-hybridized carbons (Fsp3) is 0.400. The minimum Gasteiger partial charge on any atom is -0.467 e. The summed E-state index contributed by atoms with van der Waals surface area (Å²) in [5, 5.41) is 0. The molecule has 1 fully saturated rings. The van der Waals surface area contributed by atoms with Crippen molar-refractivity contribution in [3.63, 3.8) is 0 Å². The number of nitrogens with zero attached hydrogens (tertiary/aromatic N) is 3. The third-order valence-corrected chi connectivity index (χ3v) is 8.49. The zero-order chi connectivity index (χ0) is 31.6. The minimum atomic E-state index is -0.857. The quantitative estimate of drug-likeness (QED) is 0.267. The molecule has 0 bridgehead atoms. The molecule has 0 aliphatic carbocycles. The fourth-order valence-electron chi connectivity index (χ4n) is 5.93. The summed E-state index contributed by atoms with van der Waals surface area (Å²) >= 11 is 0. The summed E-state index contributed by atoms with van der Waals surface area (Å²) in [6.07, 6.45) is 2.48. The number of guanidine groups is 1. The third-order valence-electron chi connectivity index (χ3n) is 8.49. The zero-order valence-corrected chi connectivity index (χ0v) is 26.0. The zero-order valence-electron chi connectivity index (χ0n) is 26.0. The highest BCUT2D eigenvalue weighted by Crippen LogP contribution is 2.35. The van der Waals surface area contributed by atoms with Crippen LogP contribution in [0.2, 0.25) is 0 Å². The number of amides is 1. The molecule has 0 saturated carbocycles. The van der Waals surface area contributed by atoms with E-state index in [2.05, 4.69) is 4.90 Å². The van der Waals surface area contributed by atoms with Gasteiger partial charge in [-0.2, -0.15) is 0 Å². The van der Waals surface area contributed by atoms with Crippen molar-refractivity contribution < 1.29 is 28.5 Å². The first kappa shape index (κ1) is 32.0. The van der Waals surface area contributed by atoms with Crippen molar-refractivity contribution >= 4 is 23.5 Å². The standard InChI is InChI=1S/C35H42N4O6/c1-38(32(34(41)42-2)24-44-23-25-9-5-3-6-10-25)33(40)16-15-31(26-17-19-43-20-18-26)39-22-27-21-29(13-14-30(27)37-35(39)36)45-28-11-7-4-8-12-28/h3-14,21,26,31-32H,15-20,22-24H2,1-2H3,(H2,36,37)/t31-,32?/m0/s1. The van der Waals surface area contributed by atoms with E-state index in [1.807, 2.05) is 78.9 Å².